The van der Waals surface area contributed by atoms with Gasteiger partial charge in [0, 0.05) is 25.2 Å². The van der Waals surface area contributed by atoms with Gasteiger partial charge in [-0.2, -0.15) is 0 Å². The molecule has 0 bridgehead atoms. The lowest BCUT2D eigenvalue weighted by atomic mass is 10.1. The maximum absolute atomic E-state index is 4.45. The highest BCUT2D eigenvalue weighted by Gasteiger charge is 2.05. The van der Waals surface area contributed by atoms with Crippen molar-refractivity contribution in [2.45, 2.75) is 19.9 Å². The van der Waals surface area contributed by atoms with Crippen LogP contribution in [-0.2, 0) is 6.54 Å². The second-order valence-corrected chi connectivity index (χ2v) is 4.10. The Balaban J connectivity index is 2.37. The van der Waals surface area contributed by atoms with E-state index in [4.69, 9.17) is 0 Å². The molecule has 17 heavy (non-hydrogen) atoms. The molecule has 0 saturated heterocycles. The van der Waals surface area contributed by atoms with Crippen LogP contribution in [0.15, 0.2) is 30.5 Å². The number of nitrogens with zero attached hydrogens (tertiary/aromatic N) is 1. The molecular formula is C14H19N3. The molecule has 2 aromatic rings. The van der Waals surface area contributed by atoms with Gasteiger partial charge in [0.05, 0.1) is 0 Å². The van der Waals surface area contributed by atoms with Crippen molar-refractivity contribution in [2.75, 3.05) is 18.9 Å². The second kappa shape index (κ2) is 5.64. The van der Waals surface area contributed by atoms with E-state index in [1.807, 2.05) is 19.3 Å². The van der Waals surface area contributed by atoms with Gasteiger partial charge in [-0.15, -0.1) is 0 Å². The number of benzene rings is 1. The van der Waals surface area contributed by atoms with Crippen LogP contribution in [-0.4, -0.2) is 18.6 Å². The summed E-state index contributed by atoms with van der Waals surface area (Å²) >= 11 is 0. The SMILES string of the molecule is CCCNCc1cnc(NC)c2ccccc12. The van der Waals surface area contributed by atoms with Gasteiger partial charge in [0.25, 0.3) is 0 Å². The molecule has 3 heteroatoms. The molecule has 0 aliphatic carbocycles. The Kier molecular flexibility index (Phi) is 3.94. The summed E-state index contributed by atoms with van der Waals surface area (Å²) in [6.45, 7) is 4.10. The predicted molar refractivity (Wildman–Crippen MR) is 73.3 cm³/mol. The largest absolute Gasteiger partial charge is 0.373 e. The van der Waals surface area contributed by atoms with E-state index in [1.165, 1.54) is 16.3 Å². The first-order chi connectivity index (χ1) is 8.36. The first-order valence-corrected chi connectivity index (χ1v) is 6.12. The van der Waals surface area contributed by atoms with Crippen molar-refractivity contribution in [3.05, 3.63) is 36.0 Å². The van der Waals surface area contributed by atoms with Gasteiger partial charge >= 0.3 is 0 Å². The zero-order valence-electron chi connectivity index (χ0n) is 10.5. The minimum absolute atomic E-state index is 0.880. The molecule has 0 spiro atoms. The van der Waals surface area contributed by atoms with Crippen LogP contribution in [0.25, 0.3) is 10.8 Å². The topological polar surface area (TPSA) is 37.0 Å². The number of rotatable bonds is 5. The fraction of sp³-hybridized carbons (Fsp3) is 0.357. The third-order valence-electron chi connectivity index (χ3n) is 2.86. The third-order valence-corrected chi connectivity index (χ3v) is 2.86. The predicted octanol–water partition coefficient (Wildman–Crippen LogP) is 2.78. The minimum atomic E-state index is 0.880. The van der Waals surface area contributed by atoms with E-state index in [-0.39, 0.29) is 0 Å². The summed E-state index contributed by atoms with van der Waals surface area (Å²) in [4.78, 5) is 4.45. The van der Waals surface area contributed by atoms with Crippen molar-refractivity contribution in [1.29, 1.82) is 0 Å². The zero-order chi connectivity index (χ0) is 12.1. The molecule has 2 rings (SSSR count). The van der Waals surface area contributed by atoms with Crippen LogP contribution in [0.4, 0.5) is 5.82 Å². The van der Waals surface area contributed by atoms with Crippen molar-refractivity contribution in [3.63, 3.8) is 0 Å². The standard InChI is InChI=1S/C14H19N3/c1-3-8-16-9-11-10-17-14(15-2)13-7-5-4-6-12(11)13/h4-7,10,16H,3,8-9H2,1-2H3,(H,15,17). The highest BCUT2D eigenvalue weighted by Crippen LogP contribution is 2.23. The molecule has 0 unspecified atom stereocenters. The summed E-state index contributed by atoms with van der Waals surface area (Å²) < 4.78 is 0. The van der Waals surface area contributed by atoms with Gasteiger partial charge in [-0.1, -0.05) is 31.2 Å². The molecule has 0 amide bonds. The van der Waals surface area contributed by atoms with E-state index < -0.39 is 0 Å². The summed E-state index contributed by atoms with van der Waals surface area (Å²) in [6, 6.07) is 8.39. The van der Waals surface area contributed by atoms with Crippen LogP contribution >= 0.6 is 0 Å². The van der Waals surface area contributed by atoms with E-state index in [9.17, 15) is 0 Å². The zero-order valence-corrected chi connectivity index (χ0v) is 10.5. The molecular weight excluding hydrogens is 210 g/mol. The van der Waals surface area contributed by atoms with Gasteiger partial charge in [-0.25, -0.2) is 4.98 Å². The van der Waals surface area contributed by atoms with E-state index in [0.717, 1.165) is 25.3 Å². The van der Waals surface area contributed by atoms with Crippen molar-refractivity contribution in [1.82, 2.24) is 10.3 Å². The number of aromatic nitrogens is 1. The van der Waals surface area contributed by atoms with Crippen molar-refractivity contribution < 1.29 is 0 Å². The number of pyridine rings is 1. The molecule has 0 aliphatic rings. The van der Waals surface area contributed by atoms with Crippen LogP contribution in [0.5, 0.6) is 0 Å². The maximum Gasteiger partial charge on any atom is 0.133 e. The smallest absolute Gasteiger partial charge is 0.133 e. The van der Waals surface area contributed by atoms with E-state index in [1.54, 1.807) is 0 Å². The minimum Gasteiger partial charge on any atom is -0.373 e. The van der Waals surface area contributed by atoms with Crippen LogP contribution in [0.3, 0.4) is 0 Å². The lowest BCUT2D eigenvalue weighted by Gasteiger charge is -2.10. The molecule has 3 nitrogen and oxygen atoms in total. The van der Waals surface area contributed by atoms with Gasteiger partial charge < -0.3 is 10.6 Å². The Hall–Kier alpha value is -1.61. The second-order valence-electron chi connectivity index (χ2n) is 4.10. The Labute approximate surface area is 102 Å². The van der Waals surface area contributed by atoms with Gasteiger partial charge in [-0.3, -0.25) is 0 Å². The maximum atomic E-state index is 4.45. The summed E-state index contributed by atoms with van der Waals surface area (Å²) in [6.07, 6.45) is 3.11. The summed E-state index contributed by atoms with van der Waals surface area (Å²) in [5.41, 5.74) is 1.26. The van der Waals surface area contributed by atoms with Crippen LogP contribution in [0, 0.1) is 0 Å². The van der Waals surface area contributed by atoms with E-state index in [2.05, 4.69) is 40.7 Å². The lowest BCUT2D eigenvalue weighted by Crippen LogP contribution is -2.14. The molecule has 1 heterocycles. The molecule has 0 aliphatic heterocycles. The number of fused-ring (bicyclic) bond motifs is 1. The Morgan fingerprint density at radius 2 is 1.94 bits per heavy atom. The first-order valence-electron chi connectivity index (χ1n) is 6.12. The van der Waals surface area contributed by atoms with Crippen molar-refractivity contribution in [3.8, 4) is 0 Å². The van der Waals surface area contributed by atoms with Crippen LogP contribution < -0.4 is 10.6 Å². The average Bonchev–Trinajstić information content (AvgIpc) is 2.39. The molecule has 0 atom stereocenters. The fourth-order valence-corrected chi connectivity index (χ4v) is 1.99. The highest BCUT2D eigenvalue weighted by atomic mass is 15.0. The lowest BCUT2D eigenvalue weighted by molar-refractivity contribution is 0.677. The number of anilines is 1. The summed E-state index contributed by atoms with van der Waals surface area (Å²) in [7, 11) is 1.91. The molecule has 1 aromatic heterocycles. The fourth-order valence-electron chi connectivity index (χ4n) is 1.99. The Morgan fingerprint density at radius 1 is 1.18 bits per heavy atom. The molecule has 0 saturated carbocycles. The summed E-state index contributed by atoms with van der Waals surface area (Å²) in [5.74, 6) is 0.944. The van der Waals surface area contributed by atoms with Crippen molar-refractivity contribution >= 4 is 16.6 Å². The summed E-state index contributed by atoms with van der Waals surface area (Å²) in [5, 5.41) is 9.01. The molecule has 1 aromatic carbocycles. The van der Waals surface area contributed by atoms with Gasteiger partial charge in [0.15, 0.2) is 0 Å². The van der Waals surface area contributed by atoms with Crippen LogP contribution in [0.2, 0.25) is 0 Å². The van der Waals surface area contributed by atoms with E-state index in [0.29, 0.717) is 0 Å². The Bertz CT molecular complexity index is 494. The van der Waals surface area contributed by atoms with Crippen molar-refractivity contribution in [2.24, 2.45) is 0 Å². The van der Waals surface area contributed by atoms with Crippen LogP contribution in [0.1, 0.15) is 18.9 Å². The molecule has 90 valence electrons. The molecule has 2 N–H and O–H groups in total. The van der Waals surface area contributed by atoms with Gasteiger partial charge in [0.1, 0.15) is 5.82 Å². The quantitative estimate of drug-likeness (QED) is 0.774. The first kappa shape index (κ1) is 11.9. The van der Waals surface area contributed by atoms with Gasteiger partial charge in [-0.05, 0) is 23.9 Å². The molecule has 0 fully saturated rings. The van der Waals surface area contributed by atoms with E-state index >= 15 is 0 Å². The number of nitrogens with one attached hydrogen (secondary N) is 2. The normalized spacial score (nSPS) is 10.7. The monoisotopic (exact) mass is 229 g/mol. The number of hydrogen-bond donors (Lipinski definition) is 2. The Morgan fingerprint density at radius 3 is 2.65 bits per heavy atom. The number of hydrogen-bond acceptors (Lipinski definition) is 3. The molecule has 0 radical (unpaired) electrons. The van der Waals surface area contributed by atoms with Gasteiger partial charge in [0.2, 0.25) is 0 Å². The average molecular weight is 229 g/mol. The third kappa shape index (κ3) is 2.56. The highest BCUT2D eigenvalue weighted by molar-refractivity contribution is 5.93.